The average molecular weight is 192 g/mol. The Kier molecular flexibility index (Phi) is 2.31. The van der Waals surface area contributed by atoms with Gasteiger partial charge in [0.2, 0.25) is 0 Å². The number of nitriles is 1. The maximum atomic E-state index is 9.23. The van der Waals surface area contributed by atoms with Gasteiger partial charge in [0, 0.05) is 6.04 Å². The minimum atomic E-state index is 0.245. The van der Waals surface area contributed by atoms with Crippen LogP contribution in [-0.2, 0) is 0 Å². The molecule has 4 atom stereocenters. The Balaban J connectivity index is 2.12. The van der Waals surface area contributed by atoms with Crippen molar-refractivity contribution >= 4 is 0 Å². The van der Waals surface area contributed by atoms with Crippen LogP contribution in [0.3, 0.4) is 0 Å². The summed E-state index contributed by atoms with van der Waals surface area (Å²) < 4.78 is 0. The van der Waals surface area contributed by atoms with Crippen LogP contribution in [0.1, 0.15) is 33.6 Å². The molecule has 1 N–H and O–H groups in total. The lowest BCUT2D eigenvalue weighted by atomic mass is 9.44. The molecule has 2 heteroatoms. The summed E-state index contributed by atoms with van der Waals surface area (Å²) in [6.07, 6.45) is 2.49. The number of hydrogen-bond donors (Lipinski definition) is 1. The molecular formula is C12H20N2. The fraction of sp³-hybridized carbons (Fsp3) is 0.917. The van der Waals surface area contributed by atoms with Gasteiger partial charge in [0.1, 0.15) is 0 Å². The summed E-state index contributed by atoms with van der Waals surface area (Å²) in [6, 6.07) is 2.98. The summed E-state index contributed by atoms with van der Waals surface area (Å²) in [6.45, 7) is 7.78. The lowest BCUT2D eigenvalue weighted by Gasteiger charge is -2.61. The summed E-state index contributed by atoms with van der Waals surface area (Å²) in [5.74, 6) is 1.73. The summed E-state index contributed by atoms with van der Waals surface area (Å²) in [5.41, 5.74) is 0.423. The van der Waals surface area contributed by atoms with Gasteiger partial charge >= 0.3 is 0 Å². The molecule has 14 heavy (non-hydrogen) atoms. The van der Waals surface area contributed by atoms with Crippen molar-refractivity contribution in [2.24, 2.45) is 23.2 Å². The van der Waals surface area contributed by atoms with E-state index in [0.29, 0.717) is 17.4 Å². The van der Waals surface area contributed by atoms with Crippen LogP contribution in [0.15, 0.2) is 0 Å². The molecule has 78 valence electrons. The quantitative estimate of drug-likeness (QED) is 0.728. The molecule has 3 rings (SSSR count). The van der Waals surface area contributed by atoms with Gasteiger partial charge in [0.25, 0.3) is 0 Å². The van der Waals surface area contributed by atoms with E-state index in [4.69, 9.17) is 0 Å². The summed E-state index contributed by atoms with van der Waals surface area (Å²) in [4.78, 5) is 0. The van der Waals surface area contributed by atoms with Gasteiger partial charge in [-0.3, -0.25) is 0 Å². The molecule has 0 aromatic heterocycles. The smallest absolute Gasteiger partial charge is 0.0675 e. The molecule has 0 spiro atoms. The Hall–Kier alpha value is -0.550. The first kappa shape index (κ1) is 9.98. The third kappa shape index (κ3) is 1.19. The van der Waals surface area contributed by atoms with E-state index in [1.807, 2.05) is 0 Å². The van der Waals surface area contributed by atoms with Gasteiger partial charge in [-0.25, -0.2) is 0 Å². The Morgan fingerprint density at radius 3 is 2.64 bits per heavy atom. The molecule has 0 aromatic rings. The normalized spacial score (nSPS) is 43.9. The molecule has 4 unspecified atom stereocenters. The molecule has 0 heterocycles. The highest BCUT2D eigenvalue weighted by molar-refractivity contribution is 5.13. The Morgan fingerprint density at radius 1 is 1.43 bits per heavy atom. The molecule has 0 radical (unpaired) electrons. The van der Waals surface area contributed by atoms with Gasteiger partial charge in [-0.15, -0.1) is 0 Å². The van der Waals surface area contributed by atoms with Crippen molar-refractivity contribution in [2.75, 3.05) is 6.54 Å². The third-order valence-electron chi connectivity index (χ3n) is 4.57. The van der Waals surface area contributed by atoms with Crippen molar-refractivity contribution in [2.45, 2.75) is 39.7 Å². The second-order valence-electron chi connectivity index (χ2n) is 5.42. The van der Waals surface area contributed by atoms with Gasteiger partial charge in [-0.2, -0.15) is 5.26 Å². The minimum Gasteiger partial charge on any atom is -0.313 e. The van der Waals surface area contributed by atoms with E-state index in [1.54, 1.807) is 0 Å². The molecule has 3 aliphatic carbocycles. The van der Waals surface area contributed by atoms with Gasteiger partial charge in [0.15, 0.2) is 0 Å². The van der Waals surface area contributed by atoms with Crippen molar-refractivity contribution in [1.82, 2.24) is 5.32 Å². The van der Waals surface area contributed by atoms with Crippen LogP contribution in [0.2, 0.25) is 0 Å². The van der Waals surface area contributed by atoms with E-state index in [0.717, 1.165) is 12.5 Å². The Bertz CT molecular complexity index is 264. The van der Waals surface area contributed by atoms with E-state index in [9.17, 15) is 5.26 Å². The molecule has 3 saturated carbocycles. The highest BCUT2D eigenvalue weighted by atomic mass is 14.9. The summed E-state index contributed by atoms with van der Waals surface area (Å²) in [5, 5.41) is 12.7. The summed E-state index contributed by atoms with van der Waals surface area (Å²) >= 11 is 0. The van der Waals surface area contributed by atoms with Crippen molar-refractivity contribution in [1.29, 1.82) is 5.26 Å². The van der Waals surface area contributed by atoms with E-state index >= 15 is 0 Å². The fourth-order valence-corrected chi connectivity index (χ4v) is 3.45. The molecule has 3 aliphatic rings. The van der Waals surface area contributed by atoms with Gasteiger partial charge in [0.05, 0.1) is 12.0 Å². The second kappa shape index (κ2) is 3.24. The van der Waals surface area contributed by atoms with Crippen LogP contribution >= 0.6 is 0 Å². The van der Waals surface area contributed by atoms with Crippen LogP contribution in [0.4, 0.5) is 0 Å². The first-order chi connectivity index (χ1) is 6.61. The zero-order valence-electron chi connectivity index (χ0n) is 9.38. The topological polar surface area (TPSA) is 35.8 Å². The summed E-state index contributed by atoms with van der Waals surface area (Å²) in [7, 11) is 0. The molecular weight excluding hydrogens is 172 g/mol. The van der Waals surface area contributed by atoms with Crippen molar-refractivity contribution in [3.8, 4) is 6.07 Å². The zero-order chi connectivity index (χ0) is 10.3. The van der Waals surface area contributed by atoms with Gasteiger partial charge in [-0.1, -0.05) is 20.8 Å². The van der Waals surface area contributed by atoms with Crippen molar-refractivity contribution < 1.29 is 0 Å². The highest BCUT2D eigenvalue weighted by Crippen LogP contribution is 2.61. The molecule has 0 aromatic carbocycles. The van der Waals surface area contributed by atoms with Crippen LogP contribution in [0.5, 0.6) is 0 Å². The molecule has 0 saturated heterocycles. The first-order valence-corrected chi connectivity index (χ1v) is 5.74. The number of nitrogens with zero attached hydrogens (tertiary/aromatic N) is 1. The van der Waals surface area contributed by atoms with Gasteiger partial charge < -0.3 is 5.32 Å². The largest absolute Gasteiger partial charge is 0.313 e. The predicted octanol–water partition coefficient (Wildman–Crippen LogP) is 2.17. The third-order valence-corrected chi connectivity index (χ3v) is 4.57. The maximum Gasteiger partial charge on any atom is 0.0675 e. The molecule has 3 fully saturated rings. The molecule has 0 amide bonds. The Labute approximate surface area is 86.7 Å². The number of rotatable bonds is 2. The maximum absolute atomic E-state index is 9.23. The standard InChI is InChI=1S/C12H20N2/c1-4-14-11-6-8-5-10(9(11)7-13)12(8,2)3/h8-11,14H,4-6H2,1-3H3. The average Bonchev–Trinajstić information content (AvgIpc) is 2.17. The van der Waals surface area contributed by atoms with E-state index in [1.165, 1.54) is 12.8 Å². The van der Waals surface area contributed by atoms with Crippen molar-refractivity contribution in [3.05, 3.63) is 0 Å². The van der Waals surface area contributed by atoms with Crippen LogP contribution in [-0.4, -0.2) is 12.6 Å². The molecule has 2 nitrogen and oxygen atoms in total. The van der Waals surface area contributed by atoms with E-state index < -0.39 is 0 Å². The second-order valence-corrected chi connectivity index (χ2v) is 5.42. The highest BCUT2D eigenvalue weighted by Gasteiger charge is 2.57. The Morgan fingerprint density at radius 2 is 2.14 bits per heavy atom. The molecule has 0 aliphatic heterocycles. The molecule has 2 bridgehead atoms. The fourth-order valence-electron chi connectivity index (χ4n) is 3.45. The number of nitrogens with one attached hydrogen (secondary N) is 1. The van der Waals surface area contributed by atoms with Crippen LogP contribution < -0.4 is 5.32 Å². The van der Waals surface area contributed by atoms with E-state index in [-0.39, 0.29) is 5.92 Å². The zero-order valence-corrected chi connectivity index (χ0v) is 9.38. The predicted molar refractivity (Wildman–Crippen MR) is 56.6 cm³/mol. The first-order valence-electron chi connectivity index (χ1n) is 5.74. The SMILES string of the molecule is CCNC1CC2CC(C1C#N)C2(C)C. The van der Waals surface area contributed by atoms with Gasteiger partial charge in [-0.05, 0) is 36.6 Å². The minimum absolute atomic E-state index is 0.245. The lowest BCUT2D eigenvalue weighted by Crippen LogP contribution is -2.60. The lowest BCUT2D eigenvalue weighted by molar-refractivity contribution is -0.103. The van der Waals surface area contributed by atoms with Crippen LogP contribution in [0, 0.1) is 34.5 Å². The van der Waals surface area contributed by atoms with Crippen LogP contribution in [0.25, 0.3) is 0 Å². The number of fused-ring (bicyclic) bond motifs is 2. The monoisotopic (exact) mass is 192 g/mol. The van der Waals surface area contributed by atoms with Crippen molar-refractivity contribution in [3.63, 3.8) is 0 Å². The van der Waals surface area contributed by atoms with E-state index in [2.05, 4.69) is 32.2 Å². The number of hydrogen-bond acceptors (Lipinski definition) is 2.